The van der Waals surface area contributed by atoms with Crippen LogP contribution in [0, 0.1) is 17.7 Å². The highest BCUT2D eigenvalue weighted by Crippen LogP contribution is 2.30. The SMILES string of the molecule is COc1ccc(Nc2nc(N3C[C@H](C)C[C@H](C)C3)ncc2F)cc1Cl. The molecule has 2 aromatic rings. The number of hydrogen-bond donors (Lipinski definition) is 1. The Balaban J connectivity index is 1.83. The molecule has 7 heteroatoms. The van der Waals surface area contributed by atoms with Gasteiger partial charge in [-0.2, -0.15) is 4.98 Å². The van der Waals surface area contributed by atoms with Crippen molar-refractivity contribution in [1.29, 1.82) is 0 Å². The number of hydrogen-bond acceptors (Lipinski definition) is 5. The highest BCUT2D eigenvalue weighted by molar-refractivity contribution is 6.32. The molecule has 1 N–H and O–H groups in total. The van der Waals surface area contributed by atoms with Crippen molar-refractivity contribution in [3.63, 3.8) is 0 Å². The molecule has 0 radical (unpaired) electrons. The fraction of sp³-hybridized carbons (Fsp3) is 0.444. The Morgan fingerprint density at radius 1 is 1.28 bits per heavy atom. The molecule has 134 valence electrons. The summed E-state index contributed by atoms with van der Waals surface area (Å²) in [5.41, 5.74) is 0.634. The Labute approximate surface area is 152 Å². The van der Waals surface area contributed by atoms with E-state index in [0.717, 1.165) is 13.1 Å². The van der Waals surface area contributed by atoms with Crippen molar-refractivity contribution in [3.05, 3.63) is 35.2 Å². The van der Waals surface area contributed by atoms with E-state index in [1.165, 1.54) is 12.6 Å². The van der Waals surface area contributed by atoms with Crippen molar-refractivity contribution in [2.75, 3.05) is 30.4 Å². The normalized spacial score (nSPS) is 20.4. The highest BCUT2D eigenvalue weighted by Gasteiger charge is 2.24. The predicted molar refractivity (Wildman–Crippen MR) is 98.4 cm³/mol. The largest absolute Gasteiger partial charge is 0.495 e. The van der Waals surface area contributed by atoms with E-state index in [1.54, 1.807) is 25.3 Å². The lowest BCUT2D eigenvalue weighted by atomic mass is 9.92. The molecule has 1 saturated heterocycles. The van der Waals surface area contributed by atoms with Crippen LogP contribution in [0.3, 0.4) is 0 Å². The van der Waals surface area contributed by atoms with E-state index in [1.807, 2.05) is 0 Å². The zero-order valence-electron chi connectivity index (χ0n) is 14.6. The summed E-state index contributed by atoms with van der Waals surface area (Å²) in [6, 6.07) is 5.16. The number of methoxy groups -OCH3 is 1. The van der Waals surface area contributed by atoms with Crippen molar-refractivity contribution < 1.29 is 9.13 Å². The zero-order valence-corrected chi connectivity index (χ0v) is 15.3. The van der Waals surface area contributed by atoms with Gasteiger partial charge in [-0.1, -0.05) is 25.4 Å². The van der Waals surface area contributed by atoms with Gasteiger partial charge in [0.2, 0.25) is 5.95 Å². The van der Waals surface area contributed by atoms with Gasteiger partial charge in [0, 0.05) is 18.8 Å². The number of anilines is 3. The second kappa shape index (κ2) is 7.44. The molecule has 0 saturated carbocycles. The van der Waals surface area contributed by atoms with Gasteiger partial charge in [-0.3, -0.25) is 0 Å². The molecule has 1 fully saturated rings. The van der Waals surface area contributed by atoms with Crippen molar-refractivity contribution in [1.82, 2.24) is 9.97 Å². The van der Waals surface area contributed by atoms with Crippen molar-refractivity contribution in [2.24, 2.45) is 11.8 Å². The van der Waals surface area contributed by atoms with E-state index in [-0.39, 0.29) is 5.82 Å². The number of nitrogens with zero attached hydrogens (tertiary/aromatic N) is 3. The molecule has 0 amide bonds. The Morgan fingerprint density at radius 3 is 2.64 bits per heavy atom. The molecule has 3 rings (SSSR count). The topological polar surface area (TPSA) is 50.3 Å². The molecular weight excluding hydrogens is 343 g/mol. The standard InChI is InChI=1S/C18H22ClFN4O/c1-11-6-12(2)10-24(9-11)18-21-8-15(20)17(23-18)22-13-4-5-16(25-3)14(19)7-13/h4-5,7-8,11-12H,6,9-10H2,1-3H3,(H,21,22,23)/t11-,12+. The Kier molecular flexibility index (Phi) is 5.27. The number of aromatic nitrogens is 2. The highest BCUT2D eigenvalue weighted by atomic mass is 35.5. The summed E-state index contributed by atoms with van der Waals surface area (Å²) in [5, 5.41) is 3.42. The Bertz CT molecular complexity index is 748. The van der Waals surface area contributed by atoms with Crippen LogP contribution in [0.15, 0.2) is 24.4 Å². The number of ether oxygens (including phenoxy) is 1. The van der Waals surface area contributed by atoms with Gasteiger partial charge in [0.15, 0.2) is 11.6 Å². The number of rotatable bonds is 4. The monoisotopic (exact) mass is 364 g/mol. The zero-order chi connectivity index (χ0) is 18.0. The second-order valence-electron chi connectivity index (χ2n) is 6.69. The van der Waals surface area contributed by atoms with E-state index < -0.39 is 5.82 Å². The van der Waals surface area contributed by atoms with Gasteiger partial charge in [0.25, 0.3) is 0 Å². The fourth-order valence-corrected chi connectivity index (χ4v) is 3.56. The molecule has 1 aliphatic heterocycles. The molecule has 0 aliphatic carbocycles. The molecule has 25 heavy (non-hydrogen) atoms. The summed E-state index contributed by atoms with van der Waals surface area (Å²) in [5.74, 6) is 1.86. The van der Waals surface area contributed by atoms with E-state index in [0.29, 0.717) is 34.2 Å². The van der Waals surface area contributed by atoms with Gasteiger partial charge in [-0.05, 0) is 36.5 Å². The first-order valence-corrected chi connectivity index (χ1v) is 8.72. The maximum Gasteiger partial charge on any atom is 0.227 e. The van der Waals surface area contributed by atoms with Crippen LogP contribution in [0.25, 0.3) is 0 Å². The fourth-order valence-electron chi connectivity index (χ4n) is 3.30. The predicted octanol–water partition coefficient (Wildman–Crippen LogP) is 4.50. The lowest BCUT2D eigenvalue weighted by molar-refractivity contribution is 0.353. The molecule has 5 nitrogen and oxygen atoms in total. The van der Waals surface area contributed by atoms with E-state index >= 15 is 0 Å². The summed E-state index contributed by atoms with van der Waals surface area (Å²) in [7, 11) is 1.55. The van der Waals surface area contributed by atoms with Gasteiger partial charge in [0.05, 0.1) is 18.3 Å². The third-order valence-corrected chi connectivity index (χ3v) is 4.59. The van der Waals surface area contributed by atoms with Crippen LogP contribution in [0.4, 0.5) is 21.8 Å². The smallest absolute Gasteiger partial charge is 0.227 e. The molecule has 1 aliphatic rings. The van der Waals surface area contributed by atoms with Crippen LogP contribution < -0.4 is 15.0 Å². The van der Waals surface area contributed by atoms with Crippen LogP contribution >= 0.6 is 11.6 Å². The number of benzene rings is 1. The average molecular weight is 365 g/mol. The lowest BCUT2D eigenvalue weighted by Crippen LogP contribution is -2.39. The van der Waals surface area contributed by atoms with E-state index in [4.69, 9.17) is 16.3 Å². The molecule has 1 aromatic heterocycles. The number of halogens is 2. The van der Waals surface area contributed by atoms with Gasteiger partial charge in [-0.15, -0.1) is 0 Å². The molecule has 2 heterocycles. The maximum absolute atomic E-state index is 14.2. The first kappa shape index (κ1) is 17.7. The van der Waals surface area contributed by atoms with Crippen LogP contribution in [-0.4, -0.2) is 30.2 Å². The summed E-state index contributed by atoms with van der Waals surface area (Å²) in [6.07, 6.45) is 2.40. The van der Waals surface area contributed by atoms with Gasteiger partial charge >= 0.3 is 0 Å². The summed E-state index contributed by atoms with van der Waals surface area (Å²) >= 11 is 6.12. The maximum atomic E-state index is 14.2. The van der Waals surface area contributed by atoms with Crippen LogP contribution in [-0.2, 0) is 0 Å². The summed E-state index contributed by atoms with van der Waals surface area (Å²) in [4.78, 5) is 10.7. The third kappa shape index (κ3) is 4.12. The molecular formula is C18H22ClFN4O. The van der Waals surface area contributed by atoms with Gasteiger partial charge in [-0.25, -0.2) is 9.37 Å². The van der Waals surface area contributed by atoms with Crippen LogP contribution in [0.2, 0.25) is 5.02 Å². The first-order chi connectivity index (χ1) is 12.0. The van der Waals surface area contributed by atoms with Crippen LogP contribution in [0.1, 0.15) is 20.3 Å². The van der Waals surface area contributed by atoms with E-state index in [2.05, 4.69) is 34.0 Å². The first-order valence-electron chi connectivity index (χ1n) is 8.34. The van der Waals surface area contributed by atoms with Crippen molar-refractivity contribution in [3.8, 4) is 5.75 Å². The van der Waals surface area contributed by atoms with Crippen molar-refractivity contribution in [2.45, 2.75) is 20.3 Å². The van der Waals surface area contributed by atoms with Gasteiger partial charge in [0.1, 0.15) is 5.75 Å². The molecule has 0 unspecified atom stereocenters. The summed E-state index contributed by atoms with van der Waals surface area (Å²) in [6.45, 7) is 6.18. The number of piperidine rings is 1. The minimum atomic E-state index is -0.506. The molecule has 0 spiro atoms. The molecule has 2 atom stereocenters. The minimum Gasteiger partial charge on any atom is -0.495 e. The molecule has 1 aromatic carbocycles. The van der Waals surface area contributed by atoms with Crippen molar-refractivity contribution >= 4 is 29.1 Å². The quantitative estimate of drug-likeness (QED) is 0.865. The third-order valence-electron chi connectivity index (χ3n) is 4.30. The second-order valence-corrected chi connectivity index (χ2v) is 7.10. The average Bonchev–Trinajstić information content (AvgIpc) is 2.56. The van der Waals surface area contributed by atoms with Gasteiger partial charge < -0.3 is 15.0 Å². The Hall–Kier alpha value is -2.08. The Morgan fingerprint density at radius 2 is 2.00 bits per heavy atom. The minimum absolute atomic E-state index is 0.136. The summed E-state index contributed by atoms with van der Waals surface area (Å²) < 4.78 is 19.3. The van der Waals surface area contributed by atoms with E-state index in [9.17, 15) is 4.39 Å². The molecule has 0 bridgehead atoms. The number of nitrogens with one attached hydrogen (secondary N) is 1. The lowest BCUT2D eigenvalue weighted by Gasteiger charge is -2.35. The van der Waals surface area contributed by atoms with Crippen LogP contribution in [0.5, 0.6) is 5.75 Å².